The monoisotopic (exact) mass is 313 g/mol. The Kier molecular flexibility index (Phi) is 4.13. The number of carbonyl (C=O) groups is 2. The zero-order valence-electron chi connectivity index (χ0n) is 10.9. The maximum Gasteiger partial charge on any atom is 0.340 e. The lowest BCUT2D eigenvalue weighted by atomic mass is 10.2. The van der Waals surface area contributed by atoms with E-state index in [4.69, 9.17) is 5.11 Å². The summed E-state index contributed by atoms with van der Waals surface area (Å²) < 4.78 is 26.9. The molecule has 2 rings (SSSR count). The van der Waals surface area contributed by atoms with E-state index in [0.717, 1.165) is 11.0 Å². The summed E-state index contributed by atoms with van der Waals surface area (Å²) in [6, 6.07) is 1.27. The molecule has 1 aromatic rings. The van der Waals surface area contributed by atoms with Crippen LogP contribution in [-0.2, 0) is 9.59 Å². The number of nitro benzene ring substituents is 1. The number of rotatable bonds is 5. The fraction of sp³-hybridized carbons (Fsp3) is 0.167. The number of aliphatic hydroxyl groups excluding tert-OH is 1. The number of nitrogens with zero attached hydrogens (tertiary/aromatic N) is 2. The minimum Gasteiger partial charge on any atom is -0.395 e. The molecule has 0 radical (unpaired) electrons. The van der Waals surface area contributed by atoms with E-state index in [1.54, 1.807) is 0 Å². The van der Waals surface area contributed by atoms with Crippen molar-refractivity contribution in [2.24, 2.45) is 0 Å². The van der Waals surface area contributed by atoms with E-state index in [9.17, 15) is 28.5 Å². The first-order valence-electron chi connectivity index (χ1n) is 5.94. The van der Waals surface area contributed by atoms with Crippen molar-refractivity contribution in [3.8, 4) is 0 Å². The third-order valence-corrected chi connectivity index (χ3v) is 2.81. The predicted molar refractivity (Wildman–Crippen MR) is 68.5 cm³/mol. The van der Waals surface area contributed by atoms with E-state index >= 15 is 0 Å². The van der Waals surface area contributed by atoms with Crippen molar-refractivity contribution in [2.45, 2.75) is 0 Å². The summed E-state index contributed by atoms with van der Waals surface area (Å²) in [5.41, 5.74) is -1.83. The predicted octanol–water partition coefficient (Wildman–Crippen LogP) is 0.530. The van der Waals surface area contributed by atoms with Crippen molar-refractivity contribution in [3.05, 3.63) is 45.7 Å². The number of nitrogens with one attached hydrogen (secondary N) is 1. The number of imide groups is 1. The molecule has 8 nitrogen and oxygen atoms in total. The van der Waals surface area contributed by atoms with Crippen LogP contribution in [0.5, 0.6) is 0 Å². The van der Waals surface area contributed by atoms with E-state index in [2.05, 4.69) is 5.32 Å². The summed E-state index contributed by atoms with van der Waals surface area (Å²) in [6.07, 6.45) is 0.898. The van der Waals surface area contributed by atoms with E-state index in [1.165, 1.54) is 0 Å². The highest BCUT2D eigenvalue weighted by Gasteiger charge is 2.31. The van der Waals surface area contributed by atoms with Crippen LogP contribution in [0.25, 0.3) is 0 Å². The molecule has 1 aromatic carbocycles. The lowest BCUT2D eigenvalue weighted by Gasteiger charge is -2.13. The number of aliphatic hydroxyl groups is 1. The molecule has 0 saturated carbocycles. The number of hydrogen-bond donors (Lipinski definition) is 2. The molecule has 0 fully saturated rings. The van der Waals surface area contributed by atoms with Crippen LogP contribution in [0.3, 0.4) is 0 Å². The fourth-order valence-corrected chi connectivity index (χ4v) is 1.88. The highest BCUT2D eigenvalue weighted by atomic mass is 19.1. The first-order valence-corrected chi connectivity index (χ1v) is 5.94. The number of nitro groups is 1. The summed E-state index contributed by atoms with van der Waals surface area (Å²) in [7, 11) is 0. The molecule has 1 aliphatic rings. The summed E-state index contributed by atoms with van der Waals surface area (Å²) in [4.78, 5) is 33.3. The van der Waals surface area contributed by atoms with Gasteiger partial charge in [0.2, 0.25) is 11.6 Å². The minimum absolute atomic E-state index is 0.220. The average molecular weight is 313 g/mol. The van der Waals surface area contributed by atoms with Crippen molar-refractivity contribution in [1.29, 1.82) is 0 Å². The Balaban J connectivity index is 2.26. The largest absolute Gasteiger partial charge is 0.395 e. The quantitative estimate of drug-likeness (QED) is 0.466. The van der Waals surface area contributed by atoms with Crippen molar-refractivity contribution in [3.63, 3.8) is 0 Å². The molecule has 0 bridgehead atoms. The van der Waals surface area contributed by atoms with Gasteiger partial charge in [-0.05, 0) is 0 Å². The van der Waals surface area contributed by atoms with Crippen LogP contribution in [0.2, 0.25) is 0 Å². The van der Waals surface area contributed by atoms with Gasteiger partial charge in [-0.3, -0.25) is 24.6 Å². The van der Waals surface area contributed by atoms with Gasteiger partial charge in [-0.15, -0.1) is 0 Å². The molecule has 2 amide bonds. The molecule has 0 aliphatic carbocycles. The van der Waals surface area contributed by atoms with Crippen molar-refractivity contribution in [1.82, 2.24) is 4.90 Å². The first kappa shape index (κ1) is 15.5. The van der Waals surface area contributed by atoms with Crippen LogP contribution in [0.15, 0.2) is 23.9 Å². The van der Waals surface area contributed by atoms with Crippen LogP contribution < -0.4 is 5.32 Å². The molecular formula is C12H9F2N3O5. The third kappa shape index (κ3) is 2.76. The lowest BCUT2D eigenvalue weighted by Crippen LogP contribution is -2.34. The van der Waals surface area contributed by atoms with Gasteiger partial charge in [-0.2, -0.15) is 8.78 Å². The summed E-state index contributed by atoms with van der Waals surface area (Å²) in [5, 5.41) is 21.5. The molecule has 0 aromatic heterocycles. The topological polar surface area (TPSA) is 113 Å². The van der Waals surface area contributed by atoms with Crippen molar-refractivity contribution >= 4 is 23.2 Å². The number of hydrogen-bond acceptors (Lipinski definition) is 6. The van der Waals surface area contributed by atoms with Crippen LogP contribution >= 0.6 is 0 Å². The highest BCUT2D eigenvalue weighted by Crippen LogP contribution is 2.26. The molecule has 0 spiro atoms. The van der Waals surface area contributed by atoms with Gasteiger partial charge >= 0.3 is 5.69 Å². The molecule has 10 heteroatoms. The zero-order chi connectivity index (χ0) is 16.4. The van der Waals surface area contributed by atoms with Crippen molar-refractivity contribution < 1.29 is 28.4 Å². The number of β-amino-alcohol motifs (C(OH)–C–C–N with tert-alkyl or cyclic N) is 1. The number of benzene rings is 1. The lowest BCUT2D eigenvalue weighted by molar-refractivity contribution is -0.390. The molecule has 0 atom stereocenters. The van der Waals surface area contributed by atoms with E-state index in [1.807, 2.05) is 0 Å². The van der Waals surface area contributed by atoms with Gasteiger partial charge in [0.1, 0.15) is 5.70 Å². The molecule has 1 heterocycles. The summed E-state index contributed by atoms with van der Waals surface area (Å²) in [6.45, 7) is -0.651. The summed E-state index contributed by atoms with van der Waals surface area (Å²) >= 11 is 0. The minimum atomic E-state index is -1.42. The number of amides is 2. The Bertz CT molecular complexity index is 681. The second-order valence-electron chi connectivity index (χ2n) is 4.25. The van der Waals surface area contributed by atoms with Crippen LogP contribution in [-0.4, -0.2) is 39.9 Å². The smallest absolute Gasteiger partial charge is 0.340 e. The number of halogens is 2. The van der Waals surface area contributed by atoms with Gasteiger partial charge in [-0.25, -0.2) is 0 Å². The Labute approximate surface area is 121 Å². The van der Waals surface area contributed by atoms with Crippen LogP contribution in [0.4, 0.5) is 20.2 Å². The van der Waals surface area contributed by atoms with E-state index < -0.39 is 40.7 Å². The van der Waals surface area contributed by atoms with Crippen LogP contribution in [0.1, 0.15) is 0 Å². The zero-order valence-corrected chi connectivity index (χ0v) is 10.9. The Morgan fingerprint density at radius 1 is 1.27 bits per heavy atom. The molecule has 1 aliphatic heterocycles. The molecule has 116 valence electrons. The second kappa shape index (κ2) is 5.85. The molecule has 0 unspecified atom stereocenters. The van der Waals surface area contributed by atoms with Gasteiger partial charge in [0.05, 0.1) is 18.1 Å². The standard InChI is InChI=1S/C12H9F2N3O5/c13-7-3-6(4-8(14)11(7)17(21)22)15-9-5-10(19)16(1-2-18)12(9)20/h3-5,15,18H,1-2H2. The first-order chi connectivity index (χ1) is 10.3. The maximum absolute atomic E-state index is 13.5. The Hall–Kier alpha value is -2.88. The molecule has 22 heavy (non-hydrogen) atoms. The summed E-state index contributed by atoms with van der Waals surface area (Å²) in [5.74, 6) is -4.31. The highest BCUT2D eigenvalue weighted by molar-refractivity contribution is 6.17. The van der Waals surface area contributed by atoms with Gasteiger partial charge in [0.25, 0.3) is 11.8 Å². The van der Waals surface area contributed by atoms with Gasteiger partial charge in [-0.1, -0.05) is 0 Å². The number of carbonyl (C=O) groups excluding carboxylic acids is 2. The van der Waals surface area contributed by atoms with Crippen LogP contribution in [0, 0.1) is 21.7 Å². The third-order valence-electron chi connectivity index (χ3n) is 2.81. The average Bonchev–Trinajstić information content (AvgIpc) is 2.65. The van der Waals surface area contributed by atoms with Gasteiger partial charge in [0.15, 0.2) is 0 Å². The van der Waals surface area contributed by atoms with Gasteiger partial charge < -0.3 is 10.4 Å². The molecule has 2 N–H and O–H groups in total. The van der Waals surface area contributed by atoms with E-state index in [-0.39, 0.29) is 17.9 Å². The molecular weight excluding hydrogens is 304 g/mol. The SMILES string of the molecule is O=C1C=C(Nc2cc(F)c([N+](=O)[O-])c(F)c2)C(=O)N1CCO. The van der Waals surface area contributed by atoms with Crippen molar-refractivity contribution in [2.75, 3.05) is 18.5 Å². The maximum atomic E-state index is 13.5. The fourth-order valence-electron chi connectivity index (χ4n) is 1.88. The normalized spacial score (nSPS) is 14.3. The van der Waals surface area contributed by atoms with Gasteiger partial charge in [0, 0.05) is 23.9 Å². The Morgan fingerprint density at radius 3 is 2.36 bits per heavy atom. The van der Waals surface area contributed by atoms with E-state index in [0.29, 0.717) is 12.1 Å². The number of anilines is 1. The molecule has 0 saturated heterocycles. The Morgan fingerprint density at radius 2 is 1.86 bits per heavy atom. The second-order valence-corrected chi connectivity index (χ2v) is 4.25.